The number of hydrogen-bond acceptors (Lipinski definition) is 6. The third kappa shape index (κ3) is 5.32. The number of carbonyl (C=O) groups is 1. The van der Waals surface area contributed by atoms with Gasteiger partial charge < -0.3 is 19.5 Å². The molecule has 2 aliphatic heterocycles. The lowest BCUT2D eigenvalue weighted by Gasteiger charge is -2.42. The van der Waals surface area contributed by atoms with Crippen LogP contribution in [0.1, 0.15) is 47.8 Å². The molecule has 2 fully saturated rings. The molecule has 8 heteroatoms. The molecule has 2 saturated heterocycles. The number of methoxy groups -OCH3 is 1. The Morgan fingerprint density at radius 1 is 1.00 bits per heavy atom. The summed E-state index contributed by atoms with van der Waals surface area (Å²) in [6.07, 6.45) is 6.57. The number of piperidine rings is 2. The molecule has 1 aromatic heterocycles. The number of carbonyl (C=O) groups excluding carboxylic acids is 1. The molecule has 1 amide bonds. The summed E-state index contributed by atoms with van der Waals surface area (Å²) < 4.78 is 7.23. The van der Waals surface area contributed by atoms with E-state index < -0.39 is 0 Å². The zero-order chi connectivity index (χ0) is 24.2. The molecule has 1 unspecified atom stereocenters. The maximum atomic E-state index is 12.5. The lowest BCUT2D eigenvalue weighted by atomic mass is 9.93. The third-order valence-electron chi connectivity index (χ3n) is 7.39. The van der Waals surface area contributed by atoms with Crippen molar-refractivity contribution in [3.8, 4) is 5.75 Å². The van der Waals surface area contributed by atoms with Crippen LogP contribution >= 0.6 is 0 Å². The summed E-state index contributed by atoms with van der Waals surface area (Å²) in [6, 6.07) is 15.9. The van der Waals surface area contributed by atoms with Crippen molar-refractivity contribution < 1.29 is 9.53 Å². The van der Waals surface area contributed by atoms with Crippen molar-refractivity contribution in [1.82, 2.24) is 19.7 Å². The fraction of sp³-hybridized carbons (Fsp3) is 0.444. The van der Waals surface area contributed by atoms with Crippen LogP contribution < -0.4 is 15.0 Å². The van der Waals surface area contributed by atoms with Gasteiger partial charge in [0.15, 0.2) is 0 Å². The van der Waals surface area contributed by atoms with Crippen molar-refractivity contribution in [1.29, 1.82) is 0 Å². The van der Waals surface area contributed by atoms with Crippen LogP contribution in [-0.4, -0.2) is 64.9 Å². The highest BCUT2D eigenvalue weighted by Crippen LogP contribution is 2.30. The number of aryl methyl sites for hydroxylation is 1. The first-order valence-corrected chi connectivity index (χ1v) is 12.5. The van der Waals surface area contributed by atoms with Gasteiger partial charge in [-0.25, -0.2) is 0 Å². The van der Waals surface area contributed by atoms with Crippen molar-refractivity contribution in [2.45, 2.75) is 37.6 Å². The number of amides is 1. The standard InChI is InChI=1S/C27H34N6O2/c1-31-19-28-30-26(31)21-4-3-15-33(18-21)24-13-16-32(17-14-24)23-9-7-22(8-10-23)29-27(34)20-5-11-25(35-2)12-6-20/h5-12,19,21,24H,3-4,13-18H2,1-2H3,(H,29,34). The first-order valence-electron chi connectivity index (χ1n) is 12.5. The molecular weight excluding hydrogens is 440 g/mol. The van der Waals surface area contributed by atoms with Crippen LogP contribution in [0.5, 0.6) is 5.75 Å². The molecule has 2 aliphatic rings. The summed E-state index contributed by atoms with van der Waals surface area (Å²) in [6.45, 7) is 4.36. The molecule has 3 aromatic rings. The zero-order valence-electron chi connectivity index (χ0n) is 20.6. The molecule has 3 heterocycles. The minimum Gasteiger partial charge on any atom is -0.497 e. The van der Waals surface area contributed by atoms with Gasteiger partial charge in [-0.05, 0) is 80.8 Å². The minimum atomic E-state index is -0.123. The van der Waals surface area contributed by atoms with Gasteiger partial charge in [-0.15, -0.1) is 10.2 Å². The largest absolute Gasteiger partial charge is 0.497 e. The Morgan fingerprint density at radius 3 is 2.40 bits per heavy atom. The van der Waals surface area contributed by atoms with Crippen LogP contribution in [0.2, 0.25) is 0 Å². The minimum absolute atomic E-state index is 0.123. The Kier molecular flexibility index (Phi) is 6.99. The topological polar surface area (TPSA) is 75.5 Å². The lowest BCUT2D eigenvalue weighted by Crippen LogP contribution is -2.48. The second-order valence-electron chi connectivity index (χ2n) is 9.58. The number of likely N-dealkylation sites (tertiary alicyclic amines) is 1. The Morgan fingerprint density at radius 2 is 1.74 bits per heavy atom. The van der Waals surface area contributed by atoms with Crippen LogP contribution in [0.15, 0.2) is 54.9 Å². The molecule has 1 N–H and O–H groups in total. The highest BCUT2D eigenvalue weighted by atomic mass is 16.5. The number of aromatic nitrogens is 3. The van der Waals surface area contributed by atoms with Crippen LogP contribution in [-0.2, 0) is 7.05 Å². The molecule has 0 bridgehead atoms. The highest BCUT2D eigenvalue weighted by Gasteiger charge is 2.31. The number of hydrogen-bond donors (Lipinski definition) is 1. The predicted molar refractivity (Wildman–Crippen MR) is 137 cm³/mol. The van der Waals surface area contributed by atoms with Crippen molar-refractivity contribution in [2.24, 2.45) is 7.05 Å². The second kappa shape index (κ2) is 10.5. The summed E-state index contributed by atoms with van der Waals surface area (Å²) in [5, 5.41) is 11.4. The van der Waals surface area contributed by atoms with Gasteiger partial charge in [0.25, 0.3) is 5.91 Å². The normalized spacial score (nSPS) is 19.5. The van der Waals surface area contributed by atoms with Crippen molar-refractivity contribution in [2.75, 3.05) is 43.5 Å². The van der Waals surface area contributed by atoms with Crippen LogP contribution in [0.25, 0.3) is 0 Å². The van der Waals surface area contributed by atoms with Crippen molar-refractivity contribution in [3.05, 3.63) is 66.2 Å². The second-order valence-corrected chi connectivity index (χ2v) is 9.58. The third-order valence-corrected chi connectivity index (χ3v) is 7.39. The Hall–Kier alpha value is -3.39. The van der Waals surface area contributed by atoms with Gasteiger partial charge in [0, 0.05) is 55.6 Å². The van der Waals surface area contributed by atoms with E-state index in [0.29, 0.717) is 17.5 Å². The van der Waals surface area contributed by atoms with Gasteiger partial charge in [-0.3, -0.25) is 9.69 Å². The van der Waals surface area contributed by atoms with E-state index in [1.54, 1.807) is 31.4 Å². The fourth-order valence-corrected chi connectivity index (χ4v) is 5.40. The summed E-state index contributed by atoms with van der Waals surface area (Å²) in [7, 11) is 3.66. The molecule has 35 heavy (non-hydrogen) atoms. The van der Waals surface area contributed by atoms with Gasteiger partial charge in [0.2, 0.25) is 0 Å². The zero-order valence-corrected chi connectivity index (χ0v) is 20.6. The van der Waals surface area contributed by atoms with Gasteiger partial charge in [-0.1, -0.05) is 0 Å². The Balaban J connectivity index is 1.13. The lowest BCUT2D eigenvalue weighted by molar-refractivity contribution is 0.102. The summed E-state index contributed by atoms with van der Waals surface area (Å²) in [5.41, 5.74) is 2.62. The van der Waals surface area contributed by atoms with Crippen molar-refractivity contribution in [3.63, 3.8) is 0 Å². The SMILES string of the molecule is COc1ccc(C(=O)Nc2ccc(N3CCC(N4CCCC(c5nncn5C)C4)CC3)cc2)cc1. The molecule has 0 saturated carbocycles. The Bertz CT molecular complexity index is 1120. The van der Waals surface area contributed by atoms with E-state index >= 15 is 0 Å². The van der Waals surface area contributed by atoms with E-state index in [2.05, 4.69) is 42.0 Å². The number of anilines is 2. The quantitative estimate of drug-likeness (QED) is 0.584. The molecule has 0 spiro atoms. The van der Waals surface area contributed by atoms with E-state index in [1.807, 2.05) is 25.5 Å². The van der Waals surface area contributed by atoms with E-state index in [4.69, 9.17) is 4.74 Å². The first-order chi connectivity index (χ1) is 17.1. The highest BCUT2D eigenvalue weighted by molar-refractivity contribution is 6.04. The number of nitrogens with zero attached hydrogens (tertiary/aromatic N) is 5. The van der Waals surface area contributed by atoms with E-state index in [9.17, 15) is 4.79 Å². The van der Waals surface area contributed by atoms with Crippen LogP contribution in [0, 0.1) is 0 Å². The fourth-order valence-electron chi connectivity index (χ4n) is 5.40. The van der Waals surface area contributed by atoms with Gasteiger partial charge in [0.1, 0.15) is 17.9 Å². The summed E-state index contributed by atoms with van der Waals surface area (Å²) >= 11 is 0. The number of rotatable bonds is 6. The van der Waals surface area contributed by atoms with Gasteiger partial charge in [-0.2, -0.15) is 0 Å². The average molecular weight is 475 g/mol. The van der Waals surface area contributed by atoms with Gasteiger partial charge in [0.05, 0.1) is 7.11 Å². The molecule has 184 valence electrons. The van der Waals surface area contributed by atoms with Crippen molar-refractivity contribution >= 4 is 17.3 Å². The van der Waals surface area contributed by atoms with E-state index in [1.165, 1.54) is 37.9 Å². The summed E-state index contributed by atoms with van der Waals surface area (Å²) in [5.74, 6) is 2.21. The molecule has 0 radical (unpaired) electrons. The Labute approximate surface area is 206 Å². The number of benzene rings is 2. The average Bonchev–Trinajstić information content (AvgIpc) is 3.35. The molecule has 2 aromatic carbocycles. The van der Waals surface area contributed by atoms with E-state index in [0.717, 1.165) is 36.9 Å². The van der Waals surface area contributed by atoms with Gasteiger partial charge >= 0.3 is 0 Å². The molecule has 5 rings (SSSR count). The summed E-state index contributed by atoms with van der Waals surface area (Å²) in [4.78, 5) is 17.7. The first kappa shape index (κ1) is 23.4. The molecule has 1 atom stereocenters. The monoisotopic (exact) mass is 474 g/mol. The predicted octanol–water partition coefficient (Wildman–Crippen LogP) is 3.92. The van der Waals surface area contributed by atoms with Crippen LogP contribution in [0.3, 0.4) is 0 Å². The van der Waals surface area contributed by atoms with E-state index in [-0.39, 0.29) is 5.91 Å². The maximum absolute atomic E-state index is 12.5. The smallest absolute Gasteiger partial charge is 0.255 e. The molecule has 0 aliphatic carbocycles. The molecule has 8 nitrogen and oxygen atoms in total. The van der Waals surface area contributed by atoms with Crippen LogP contribution in [0.4, 0.5) is 11.4 Å². The number of ether oxygens (including phenoxy) is 1. The number of nitrogens with one attached hydrogen (secondary N) is 1. The molecular formula is C27H34N6O2. The maximum Gasteiger partial charge on any atom is 0.255 e.